The number of nitrogens with one attached hydrogen (secondary N) is 1. The lowest BCUT2D eigenvalue weighted by molar-refractivity contribution is 0.632. The van der Waals surface area contributed by atoms with Gasteiger partial charge in [-0.2, -0.15) is 0 Å². The molecule has 0 saturated heterocycles. The number of benzene rings is 2. The molecule has 0 aliphatic rings. The molecule has 2 aromatic carbocycles. The van der Waals surface area contributed by atoms with Crippen LogP contribution < -0.4 is 5.32 Å². The summed E-state index contributed by atoms with van der Waals surface area (Å²) in [5, 5.41) is 12.9. The summed E-state index contributed by atoms with van der Waals surface area (Å²) in [4.78, 5) is 0. The summed E-state index contributed by atoms with van der Waals surface area (Å²) < 4.78 is 13.8. The molecule has 100 valence electrons. The van der Waals surface area contributed by atoms with E-state index in [4.69, 9.17) is 23.2 Å². The van der Waals surface area contributed by atoms with Crippen molar-refractivity contribution in [1.29, 1.82) is 0 Å². The molecular weight excluding hydrogens is 300 g/mol. The van der Waals surface area contributed by atoms with Crippen LogP contribution in [-0.4, -0.2) is 10.2 Å². The zero-order chi connectivity index (χ0) is 14.1. The van der Waals surface area contributed by atoms with Crippen molar-refractivity contribution in [3.05, 3.63) is 58.5 Å². The molecule has 0 atom stereocenters. The maximum absolute atomic E-state index is 13.8. The first kappa shape index (κ1) is 13.1. The van der Waals surface area contributed by atoms with E-state index >= 15 is 0 Å². The minimum Gasteiger partial charge on any atom is -0.336 e. The maximum atomic E-state index is 13.8. The molecule has 0 radical (unpaired) electrons. The Bertz CT molecular complexity index is 792. The van der Waals surface area contributed by atoms with Crippen LogP contribution in [0, 0.1) is 5.82 Å². The van der Waals surface area contributed by atoms with Crippen LogP contribution in [-0.2, 0) is 0 Å². The maximum Gasteiger partial charge on any atom is 0.161 e. The number of aromatic nitrogens is 2. The fourth-order valence-electron chi connectivity index (χ4n) is 1.88. The Hall–Kier alpha value is -1.91. The molecule has 3 aromatic rings. The van der Waals surface area contributed by atoms with E-state index in [1.165, 1.54) is 6.07 Å². The van der Waals surface area contributed by atoms with E-state index in [1.54, 1.807) is 12.1 Å². The van der Waals surface area contributed by atoms with E-state index in [9.17, 15) is 4.39 Å². The highest BCUT2D eigenvalue weighted by Crippen LogP contribution is 2.29. The van der Waals surface area contributed by atoms with Crippen molar-refractivity contribution < 1.29 is 4.39 Å². The van der Waals surface area contributed by atoms with Gasteiger partial charge in [-0.1, -0.05) is 47.5 Å². The van der Waals surface area contributed by atoms with E-state index < -0.39 is 5.82 Å². The van der Waals surface area contributed by atoms with Gasteiger partial charge in [-0.05, 0) is 18.2 Å². The SMILES string of the molecule is Fc1cc(Cl)ccc1Nc1nnc(Cl)c2ccccc12. The van der Waals surface area contributed by atoms with E-state index in [1.807, 2.05) is 24.3 Å². The van der Waals surface area contributed by atoms with Gasteiger partial charge in [-0.25, -0.2) is 4.39 Å². The molecule has 3 nitrogen and oxygen atoms in total. The monoisotopic (exact) mass is 307 g/mol. The number of rotatable bonds is 2. The van der Waals surface area contributed by atoms with E-state index in [-0.39, 0.29) is 5.69 Å². The lowest BCUT2D eigenvalue weighted by Gasteiger charge is -2.09. The molecule has 1 N–H and O–H groups in total. The molecule has 0 amide bonds. The number of anilines is 2. The average molecular weight is 308 g/mol. The van der Waals surface area contributed by atoms with Gasteiger partial charge in [0.1, 0.15) is 5.82 Å². The third kappa shape index (κ3) is 2.40. The quantitative estimate of drug-likeness (QED) is 0.737. The average Bonchev–Trinajstić information content (AvgIpc) is 2.45. The van der Waals surface area contributed by atoms with Gasteiger partial charge in [0.05, 0.1) is 5.69 Å². The second-order valence-corrected chi connectivity index (χ2v) is 4.93. The van der Waals surface area contributed by atoms with Gasteiger partial charge in [0.2, 0.25) is 0 Å². The van der Waals surface area contributed by atoms with Crippen molar-refractivity contribution in [2.24, 2.45) is 0 Å². The Kier molecular flexibility index (Phi) is 3.42. The molecule has 1 aromatic heterocycles. The lowest BCUT2D eigenvalue weighted by atomic mass is 10.2. The minimum atomic E-state index is -0.460. The predicted molar refractivity (Wildman–Crippen MR) is 79.2 cm³/mol. The van der Waals surface area contributed by atoms with Gasteiger partial charge in [-0.3, -0.25) is 0 Å². The van der Waals surface area contributed by atoms with Gasteiger partial charge in [-0.15, -0.1) is 10.2 Å². The summed E-state index contributed by atoms with van der Waals surface area (Å²) in [6, 6.07) is 11.7. The van der Waals surface area contributed by atoms with Crippen molar-refractivity contribution in [1.82, 2.24) is 10.2 Å². The summed E-state index contributed by atoms with van der Waals surface area (Å²) in [7, 11) is 0. The van der Waals surface area contributed by atoms with Gasteiger partial charge in [0.25, 0.3) is 0 Å². The van der Waals surface area contributed by atoms with Gasteiger partial charge in [0.15, 0.2) is 11.0 Å². The van der Waals surface area contributed by atoms with Gasteiger partial charge < -0.3 is 5.32 Å². The Labute approximate surface area is 124 Å². The van der Waals surface area contributed by atoms with Crippen LogP contribution in [0.4, 0.5) is 15.9 Å². The van der Waals surface area contributed by atoms with Crippen LogP contribution in [0.25, 0.3) is 10.8 Å². The van der Waals surface area contributed by atoms with E-state index in [0.29, 0.717) is 16.0 Å². The third-order valence-electron chi connectivity index (χ3n) is 2.83. The zero-order valence-corrected chi connectivity index (χ0v) is 11.6. The zero-order valence-electron chi connectivity index (χ0n) is 10.1. The summed E-state index contributed by atoms with van der Waals surface area (Å²) >= 11 is 11.7. The lowest BCUT2D eigenvalue weighted by Crippen LogP contribution is -1.99. The molecule has 6 heteroatoms. The highest BCUT2D eigenvalue weighted by Gasteiger charge is 2.10. The van der Waals surface area contributed by atoms with Crippen LogP contribution >= 0.6 is 23.2 Å². The fourth-order valence-corrected chi connectivity index (χ4v) is 2.24. The Morgan fingerprint density at radius 3 is 2.45 bits per heavy atom. The molecule has 20 heavy (non-hydrogen) atoms. The van der Waals surface area contributed by atoms with Crippen molar-refractivity contribution in [2.75, 3.05) is 5.32 Å². The van der Waals surface area contributed by atoms with Gasteiger partial charge in [0, 0.05) is 15.8 Å². The van der Waals surface area contributed by atoms with Crippen molar-refractivity contribution in [3.8, 4) is 0 Å². The first-order valence-corrected chi connectivity index (χ1v) is 6.54. The van der Waals surface area contributed by atoms with Gasteiger partial charge >= 0.3 is 0 Å². The summed E-state index contributed by atoms with van der Waals surface area (Å²) in [5.41, 5.74) is 0.274. The molecule has 0 fully saturated rings. The number of hydrogen-bond acceptors (Lipinski definition) is 3. The molecule has 0 spiro atoms. The Morgan fingerprint density at radius 2 is 1.70 bits per heavy atom. The topological polar surface area (TPSA) is 37.8 Å². The van der Waals surface area contributed by atoms with Crippen LogP contribution in [0.1, 0.15) is 0 Å². The summed E-state index contributed by atoms with van der Waals surface area (Å²) in [6.07, 6.45) is 0. The highest BCUT2D eigenvalue weighted by atomic mass is 35.5. The third-order valence-corrected chi connectivity index (χ3v) is 3.34. The van der Waals surface area contributed by atoms with Crippen molar-refractivity contribution >= 4 is 45.5 Å². The minimum absolute atomic E-state index is 0.274. The molecule has 3 rings (SSSR count). The molecule has 0 unspecified atom stereocenters. The van der Waals surface area contributed by atoms with Crippen LogP contribution in [0.2, 0.25) is 10.2 Å². The van der Waals surface area contributed by atoms with Crippen molar-refractivity contribution in [3.63, 3.8) is 0 Å². The molecule has 1 heterocycles. The Balaban J connectivity index is 2.09. The molecule has 0 aliphatic heterocycles. The predicted octanol–water partition coefficient (Wildman–Crippen LogP) is 4.82. The molecule has 0 saturated carbocycles. The smallest absolute Gasteiger partial charge is 0.161 e. The second kappa shape index (κ2) is 5.23. The van der Waals surface area contributed by atoms with Crippen molar-refractivity contribution in [2.45, 2.75) is 0 Å². The summed E-state index contributed by atoms with van der Waals surface area (Å²) in [6.45, 7) is 0. The highest BCUT2D eigenvalue weighted by molar-refractivity contribution is 6.34. The second-order valence-electron chi connectivity index (χ2n) is 4.13. The number of nitrogens with zero attached hydrogens (tertiary/aromatic N) is 2. The fraction of sp³-hybridized carbons (Fsp3) is 0. The number of fused-ring (bicyclic) bond motifs is 1. The van der Waals surface area contributed by atoms with E-state index in [0.717, 1.165) is 10.8 Å². The number of hydrogen-bond donors (Lipinski definition) is 1. The normalized spacial score (nSPS) is 10.8. The number of halogens is 3. The van der Waals surface area contributed by atoms with Crippen LogP contribution in [0.5, 0.6) is 0 Å². The molecular formula is C14H8Cl2FN3. The summed E-state index contributed by atoms with van der Waals surface area (Å²) in [5.74, 6) is -0.0236. The van der Waals surface area contributed by atoms with Crippen LogP contribution in [0.3, 0.4) is 0 Å². The largest absolute Gasteiger partial charge is 0.336 e. The van der Waals surface area contributed by atoms with Crippen LogP contribution in [0.15, 0.2) is 42.5 Å². The standard InChI is InChI=1S/C14H8Cl2FN3/c15-8-5-6-12(11(17)7-8)18-14-10-4-2-1-3-9(10)13(16)19-20-14/h1-7H,(H,18,20). The first-order valence-electron chi connectivity index (χ1n) is 5.78. The Morgan fingerprint density at radius 1 is 0.950 bits per heavy atom. The first-order chi connectivity index (χ1) is 9.65. The molecule has 0 bridgehead atoms. The van der Waals surface area contributed by atoms with E-state index in [2.05, 4.69) is 15.5 Å². The molecule has 0 aliphatic carbocycles.